The van der Waals surface area contributed by atoms with E-state index in [1.54, 1.807) is 0 Å². The van der Waals surface area contributed by atoms with Crippen molar-refractivity contribution in [1.82, 2.24) is 0 Å². The average Bonchev–Trinajstić information content (AvgIpc) is 2.09. The topological polar surface area (TPSA) is 35.5 Å². The van der Waals surface area contributed by atoms with E-state index in [-0.39, 0.29) is 0 Å². The van der Waals surface area contributed by atoms with Gasteiger partial charge in [-0.2, -0.15) is 8.78 Å². The van der Waals surface area contributed by atoms with E-state index in [1.807, 2.05) is 0 Å². The van der Waals surface area contributed by atoms with Crippen molar-refractivity contribution in [3.05, 3.63) is 0 Å². The molecule has 0 aliphatic carbocycles. The standard InChI is InChI=1S/C4H3F3O3/c5-1-4(7)2(6)9-3(8)10-4/h2H,1H2. The van der Waals surface area contributed by atoms with Crippen molar-refractivity contribution in [2.45, 2.75) is 12.2 Å². The van der Waals surface area contributed by atoms with E-state index in [1.165, 1.54) is 0 Å². The van der Waals surface area contributed by atoms with Gasteiger partial charge in [-0.25, -0.2) is 9.18 Å². The third-order valence-corrected chi connectivity index (χ3v) is 0.974. The lowest BCUT2D eigenvalue weighted by molar-refractivity contribution is -0.148. The Hall–Kier alpha value is -0.940. The van der Waals surface area contributed by atoms with Gasteiger partial charge in [-0.05, 0) is 0 Å². The fraction of sp³-hybridized carbons (Fsp3) is 0.750. The smallest absolute Gasteiger partial charge is 0.392 e. The van der Waals surface area contributed by atoms with Gasteiger partial charge in [0, 0.05) is 0 Å². The van der Waals surface area contributed by atoms with E-state index < -0.39 is 25.0 Å². The van der Waals surface area contributed by atoms with Gasteiger partial charge in [0.1, 0.15) is 0 Å². The monoisotopic (exact) mass is 156 g/mol. The number of rotatable bonds is 1. The van der Waals surface area contributed by atoms with Crippen molar-refractivity contribution < 1.29 is 27.4 Å². The van der Waals surface area contributed by atoms with Gasteiger partial charge in [0.25, 0.3) is 0 Å². The summed E-state index contributed by atoms with van der Waals surface area (Å²) in [5, 5.41) is 0. The molecule has 0 aromatic rings. The maximum Gasteiger partial charge on any atom is 0.514 e. The van der Waals surface area contributed by atoms with Gasteiger partial charge in [-0.15, -0.1) is 0 Å². The van der Waals surface area contributed by atoms with Crippen LogP contribution in [0.1, 0.15) is 0 Å². The van der Waals surface area contributed by atoms with Crippen LogP contribution in [0.3, 0.4) is 0 Å². The van der Waals surface area contributed by atoms with Gasteiger partial charge in [0.2, 0.25) is 0 Å². The zero-order valence-electron chi connectivity index (χ0n) is 4.64. The summed E-state index contributed by atoms with van der Waals surface area (Å²) in [4.78, 5) is 9.94. The summed E-state index contributed by atoms with van der Waals surface area (Å²) in [5.41, 5.74) is 0. The predicted octanol–water partition coefficient (Wildman–Crippen LogP) is 1.08. The predicted molar refractivity (Wildman–Crippen MR) is 22.3 cm³/mol. The number of halogens is 3. The Bertz CT molecular complexity index is 162. The Balaban J connectivity index is 2.70. The first-order valence-electron chi connectivity index (χ1n) is 2.37. The van der Waals surface area contributed by atoms with Crippen LogP contribution in [0.2, 0.25) is 0 Å². The van der Waals surface area contributed by atoms with Crippen LogP contribution in [0, 0.1) is 0 Å². The molecule has 0 N–H and O–H groups in total. The minimum Gasteiger partial charge on any atom is -0.392 e. The van der Waals surface area contributed by atoms with Crippen molar-refractivity contribution in [2.75, 3.05) is 6.67 Å². The highest BCUT2D eigenvalue weighted by Crippen LogP contribution is 2.29. The number of hydrogen-bond donors (Lipinski definition) is 0. The Kier molecular flexibility index (Phi) is 1.46. The van der Waals surface area contributed by atoms with Gasteiger partial charge in [0.15, 0.2) is 6.67 Å². The molecule has 2 atom stereocenters. The largest absolute Gasteiger partial charge is 0.514 e. The molecule has 0 radical (unpaired) electrons. The van der Waals surface area contributed by atoms with E-state index in [0.717, 1.165) is 0 Å². The van der Waals surface area contributed by atoms with Crippen LogP contribution in [-0.2, 0) is 9.47 Å². The molecule has 0 aromatic heterocycles. The van der Waals surface area contributed by atoms with Crippen molar-refractivity contribution >= 4 is 6.16 Å². The van der Waals surface area contributed by atoms with Crippen LogP contribution >= 0.6 is 0 Å². The summed E-state index contributed by atoms with van der Waals surface area (Å²) in [6.45, 7) is -1.75. The van der Waals surface area contributed by atoms with Crippen molar-refractivity contribution in [3.63, 3.8) is 0 Å². The summed E-state index contributed by atoms with van der Waals surface area (Å²) in [7, 11) is 0. The van der Waals surface area contributed by atoms with Crippen LogP contribution in [0.4, 0.5) is 18.0 Å². The zero-order chi connectivity index (χ0) is 7.78. The highest BCUT2D eigenvalue weighted by atomic mass is 19.2. The van der Waals surface area contributed by atoms with E-state index >= 15 is 0 Å². The Morgan fingerprint density at radius 3 is 2.50 bits per heavy atom. The summed E-state index contributed by atoms with van der Waals surface area (Å²) < 4.78 is 43.0. The molecule has 0 spiro atoms. The van der Waals surface area contributed by atoms with Crippen molar-refractivity contribution in [3.8, 4) is 0 Å². The highest BCUT2D eigenvalue weighted by molar-refractivity contribution is 5.62. The second-order valence-corrected chi connectivity index (χ2v) is 1.71. The lowest BCUT2D eigenvalue weighted by Crippen LogP contribution is -2.34. The fourth-order valence-corrected chi connectivity index (χ4v) is 0.469. The molecule has 6 heteroatoms. The first-order chi connectivity index (χ1) is 4.58. The first-order valence-corrected chi connectivity index (χ1v) is 2.37. The summed E-state index contributed by atoms with van der Waals surface area (Å²) in [6, 6.07) is 0. The SMILES string of the molecule is O=C1OC(F)C(F)(CF)O1. The van der Waals surface area contributed by atoms with Crippen molar-refractivity contribution in [1.29, 1.82) is 0 Å². The maximum atomic E-state index is 12.4. The van der Waals surface area contributed by atoms with Gasteiger partial charge < -0.3 is 9.47 Å². The fourth-order valence-electron chi connectivity index (χ4n) is 0.469. The Morgan fingerprint density at radius 1 is 1.70 bits per heavy atom. The molecule has 0 bridgehead atoms. The lowest BCUT2D eigenvalue weighted by Gasteiger charge is -2.11. The molecule has 1 saturated heterocycles. The number of ether oxygens (including phenoxy) is 2. The molecular weight excluding hydrogens is 153 g/mol. The van der Waals surface area contributed by atoms with Crippen molar-refractivity contribution in [2.24, 2.45) is 0 Å². The van der Waals surface area contributed by atoms with Crippen LogP contribution in [-0.4, -0.2) is 25.0 Å². The van der Waals surface area contributed by atoms with Crippen LogP contribution in [0.15, 0.2) is 0 Å². The number of carbonyl (C=O) groups is 1. The second-order valence-electron chi connectivity index (χ2n) is 1.71. The molecule has 1 aliphatic rings. The number of alkyl halides is 3. The van der Waals surface area contributed by atoms with Crippen LogP contribution in [0.25, 0.3) is 0 Å². The molecule has 2 unspecified atom stereocenters. The molecule has 1 aliphatic heterocycles. The molecule has 1 rings (SSSR count). The minimum absolute atomic E-state index is 1.53. The van der Waals surface area contributed by atoms with Crippen LogP contribution < -0.4 is 0 Å². The average molecular weight is 156 g/mol. The van der Waals surface area contributed by atoms with Crippen LogP contribution in [0.5, 0.6) is 0 Å². The first kappa shape index (κ1) is 7.17. The molecule has 0 aromatic carbocycles. The number of carbonyl (C=O) groups excluding carboxylic acids is 1. The van der Waals surface area contributed by atoms with Gasteiger partial charge in [-0.3, -0.25) is 0 Å². The second kappa shape index (κ2) is 2.03. The van der Waals surface area contributed by atoms with Gasteiger partial charge in [-0.1, -0.05) is 0 Å². The Labute approximate surface area is 53.7 Å². The minimum atomic E-state index is -3.24. The molecule has 0 amide bonds. The molecule has 10 heavy (non-hydrogen) atoms. The highest BCUT2D eigenvalue weighted by Gasteiger charge is 2.53. The number of hydrogen-bond acceptors (Lipinski definition) is 3. The third-order valence-electron chi connectivity index (χ3n) is 0.974. The molecular formula is C4H3F3O3. The summed E-state index contributed by atoms with van der Waals surface area (Å²) in [6.07, 6.45) is -4.20. The van der Waals surface area contributed by atoms with E-state index in [2.05, 4.69) is 9.47 Å². The Morgan fingerprint density at radius 2 is 2.30 bits per heavy atom. The van der Waals surface area contributed by atoms with Gasteiger partial charge >= 0.3 is 18.4 Å². The van der Waals surface area contributed by atoms with E-state index in [0.29, 0.717) is 0 Å². The number of cyclic esters (lactones) is 2. The molecule has 1 fully saturated rings. The third kappa shape index (κ3) is 0.891. The molecule has 3 nitrogen and oxygen atoms in total. The molecule has 58 valence electrons. The van der Waals surface area contributed by atoms with Gasteiger partial charge in [0.05, 0.1) is 0 Å². The maximum absolute atomic E-state index is 12.4. The summed E-state index contributed by atoms with van der Waals surface area (Å²) in [5.74, 6) is -3.24. The normalized spacial score (nSPS) is 39.1. The molecule has 1 heterocycles. The lowest BCUT2D eigenvalue weighted by atomic mass is 10.3. The summed E-state index contributed by atoms with van der Waals surface area (Å²) >= 11 is 0. The van der Waals surface area contributed by atoms with E-state index in [9.17, 15) is 18.0 Å². The van der Waals surface area contributed by atoms with E-state index in [4.69, 9.17) is 0 Å². The quantitative estimate of drug-likeness (QED) is 0.533. The molecule has 0 saturated carbocycles. The zero-order valence-corrected chi connectivity index (χ0v) is 4.64.